The second-order valence-electron chi connectivity index (χ2n) is 4.05. The lowest BCUT2D eigenvalue weighted by Gasteiger charge is -2.11. The van der Waals surface area contributed by atoms with Crippen LogP contribution in [0.25, 0.3) is 0 Å². The Morgan fingerprint density at radius 1 is 1.18 bits per heavy atom. The van der Waals surface area contributed by atoms with E-state index in [1.165, 1.54) is 24.3 Å². The number of carboxylic acid groups (broad SMARTS) is 1. The topological polar surface area (TPSA) is 57.6 Å². The zero-order valence-electron chi connectivity index (χ0n) is 9.93. The zero-order chi connectivity index (χ0) is 13.0. The number of carbonyl (C=O) groups excluding carboxylic acids is 1. The molecule has 90 valence electrons. The average Bonchev–Trinajstić information content (AvgIpc) is 2.27. The molecule has 4 nitrogen and oxygen atoms in total. The monoisotopic (exact) mass is 233 g/mol. The predicted molar refractivity (Wildman–Crippen MR) is 65.4 cm³/mol. The molecule has 0 aliphatic carbocycles. The smallest absolute Gasteiger partial charge is 0.335 e. The Hall–Kier alpha value is -1.94. The van der Waals surface area contributed by atoms with Gasteiger partial charge in [-0.25, -0.2) is 4.79 Å². The summed E-state index contributed by atoms with van der Waals surface area (Å²) < 4.78 is 0. The number of ketones is 1. The third kappa shape index (κ3) is 3.53. The molecule has 0 bridgehead atoms. The van der Waals surface area contributed by atoms with Crippen molar-refractivity contribution in [3.63, 3.8) is 0 Å². The van der Waals surface area contributed by atoms with Crippen LogP contribution in [0.2, 0.25) is 0 Å². The highest BCUT2D eigenvalue weighted by molar-refractivity contribution is 6.08. The van der Waals surface area contributed by atoms with Crippen molar-refractivity contribution in [3.05, 3.63) is 47.5 Å². The maximum absolute atomic E-state index is 11.9. The molecule has 0 atom stereocenters. The minimum absolute atomic E-state index is 0.157. The number of aromatic carboxylic acids is 1. The summed E-state index contributed by atoms with van der Waals surface area (Å²) in [5.41, 5.74) is 1.11. The van der Waals surface area contributed by atoms with E-state index in [0.717, 1.165) is 0 Å². The Kier molecular flexibility index (Phi) is 4.17. The van der Waals surface area contributed by atoms with Crippen LogP contribution >= 0.6 is 0 Å². The first-order chi connectivity index (χ1) is 7.91. The molecule has 0 amide bonds. The molecule has 1 N–H and O–H groups in total. The van der Waals surface area contributed by atoms with E-state index in [2.05, 4.69) is 6.58 Å². The molecule has 0 aliphatic heterocycles. The maximum atomic E-state index is 11.9. The minimum Gasteiger partial charge on any atom is -0.478 e. The number of carbonyl (C=O) groups is 2. The zero-order valence-corrected chi connectivity index (χ0v) is 9.93. The van der Waals surface area contributed by atoms with Crippen molar-refractivity contribution in [2.45, 2.75) is 0 Å². The number of rotatable bonds is 5. The van der Waals surface area contributed by atoms with Crippen molar-refractivity contribution < 1.29 is 14.7 Å². The molecular formula is C13H15NO3. The molecular weight excluding hydrogens is 218 g/mol. The molecule has 0 spiro atoms. The van der Waals surface area contributed by atoms with Gasteiger partial charge in [-0.1, -0.05) is 18.7 Å². The normalized spacial score (nSPS) is 10.3. The summed E-state index contributed by atoms with van der Waals surface area (Å²) in [5.74, 6) is -1.16. The second kappa shape index (κ2) is 5.41. The number of carboxylic acids is 1. The van der Waals surface area contributed by atoms with Crippen LogP contribution in [0, 0.1) is 0 Å². The summed E-state index contributed by atoms with van der Waals surface area (Å²) in [6.45, 7) is 4.21. The first-order valence-corrected chi connectivity index (χ1v) is 5.12. The van der Waals surface area contributed by atoms with Crippen LogP contribution in [0.1, 0.15) is 20.7 Å². The molecule has 0 saturated carbocycles. The molecule has 17 heavy (non-hydrogen) atoms. The van der Waals surface area contributed by atoms with Crippen molar-refractivity contribution in [1.82, 2.24) is 4.90 Å². The van der Waals surface area contributed by atoms with Crippen LogP contribution in [-0.4, -0.2) is 42.4 Å². The summed E-state index contributed by atoms with van der Waals surface area (Å²) >= 11 is 0. The van der Waals surface area contributed by atoms with Crippen LogP contribution < -0.4 is 0 Å². The summed E-state index contributed by atoms with van der Waals surface area (Å²) in [6.07, 6.45) is 0. The van der Waals surface area contributed by atoms with Gasteiger partial charge in [0.05, 0.1) is 5.56 Å². The second-order valence-corrected chi connectivity index (χ2v) is 4.05. The fourth-order valence-electron chi connectivity index (χ4n) is 1.42. The molecule has 0 aliphatic rings. The lowest BCUT2D eigenvalue weighted by molar-refractivity contribution is 0.0696. The molecule has 0 unspecified atom stereocenters. The SMILES string of the molecule is C=C(CN(C)C)C(=O)c1ccc(C(=O)O)cc1. The number of likely N-dealkylation sites (N-methyl/N-ethyl adjacent to an activating group) is 1. The standard InChI is InChI=1S/C13H15NO3/c1-9(8-14(2)3)12(15)10-4-6-11(7-5-10)13(16)17/h4-7H,1,8H2,2-3H3,(H,16,17). The molecule has 0 radical (unpaired) electrons. The molecule has 1 rings (SSSR count). The highest BCUT2D eigenvalue weighted by atomic mass is 16.4. The quantitative estimate of drug-likeness (QED) is 0.621. The molecule has 0 heterocycles. The summed E-state index contributed by atoms with van der Waals surface area (Å²) in [5, 5.41) is 8.73. The van der Waals surface area contributed by atoms with Crippen molar-refractivity contribution in [1.29, 1.82) is 0 Å². The van der Waals surface area contributed by atoms with E-state index < -0.39 is 5.97 Å². The Labute approximate surface area is 100 Å². The van der Waals surface area contributed by atoms with Crippen molar-refractivity contribution in [3.8, 4) is 0 Å². The number of nitrogens with zero attached hydrogens (tertiary/aromatic N) is 1. The largest absolute Gasteiger partial charge is 0.478 e. The Bertz CT molecular complexity index is 446. The highest BCUT2D eigenvalue weighted by Gasteiger charge is 2.11. The van der Waals surface area contributed by atoms with E-state index in [1.807, 2.05) is 19.0 Å². The van der Waals surface area contributed by atoms with E-state index in [0.29, 0.717) is 17.7 Å². The maximum Gasteiger partial charge on any atom is 0.335 e. The fraction of sp³-hybridized carbons (Fsp3) is 0.231. The average molecular weight is 233 g/mol. The summed E-state index contributed by atoms with van der Waals surface area (Å²) in [6, 6.07) is 5.84. The highest BCUT2D eigenvalue weighted by Crippen LogP contribution is 2.10. The minimum atomic E-state index is -1.00. The van der Waals surface area contributed by atoms with Gasteiger partial charge in [-0.3, -0.25) is 4.79 Å². The lowest BCUT2D eigenvalue weighted by atomic mass is 10.0. The number of hydrogen-bond acceptors (Lipinski definition) is 3. The van der Waals surface area contributed by atoms with Crippen molar-refractivity contribution in [2.75, 3.05) is 20.6 Å². The molecule has 0 aromatic heterocycles. The fourth-order valence-corrected chi connectivity index (χ4v) is 1.42. The van der Waals surface area contributed by atoms with Gasteiger partial charge in [0.1, 0.15) is 0 Å². The molecule has 1 aromatic carbocycles. The molecule has 1 aromatic rings. The van der Waals surface area contributed by atoms with Crippen LogP contribution in [0.4, 0.5) is 0 Å². The molecule has 4 heteroatoms. The van der Waals surface area contributed by atoms with Gasteiger partial charge in [-0.2, -0.15) is 0 Å². The number of benzene rings is 1. The predicted octanol–water partition coefficient (Wildman–Crippen LogP) is 1.69. The third-order valence-corrected chi connectivity index (χ3v) is 2.22. The van der Waals surface area contributed by atoms with Crippen LogP contribution in [0.3, 0.4) is 0 Å². The van der Waals surface area contributed by atoms with Gasteiger partial charge >= 0.3 is 5.97 Å². The summed E-state index contributed by atoms with van der Waals surface area (Å²) in [7, 11) is 3.71. The van der Waals surface area contributed by atoms with Crippen LogP contribution in [0.5, 0.6) is 0 Å². The molecule has 0 saturated heterocycles. The van der Waals surface area contributed by atoms with Gasteiger partial charge < -0.3 is 10.0 Å². The van der Waals surface area contributed by atoms with E-state index in [4.69, 9.17) is 5.11 Å². The molecule has 0 fully saturated rings. The van der Waals surface area contributed by atoms with Gasteiger partial charge in [0.25, 0.3) is 0 Å². The van der Waals surface area contributed by atoms with Gasteiger partial charge in [0.2, 0.25) is 0 Å². The lowest BCUT2D eigenvalue weighted by Crippen LogP contribution is -2.19. The van der Waals surface area contributed by atoms with Gasteiger partial charge in [0, 0.05) is 17.7 Å². The Morgan fingerprint density at radius 2 is 1.65 bits per heavy atom. The Morgan fingerprint density at radius 3 is 2.06 bits per heavy atom. The number of hydrogen-bond donors (Lipinski definition) is 1. The Balaban J connectivity index is 2.83. The van der Waals surface area contributed by atoms with E-state index in [-0.39, 0.29) is 11.3 Å². The van der Waals surface area contributed by atoms with Gasteiger partial charge in [-0.15, -0.1) is 0 Å². The van der Waals surface area contributed by atoms with E-state index >= 15 is 0 Å². The van der Waals surface area contributed by atoms with Crippen LogP contribution in [0.15, 0.2) is 36.4 Å². The van der Waals surface area contributed by atoms with Gasteiger partial charge in [-0.05, 0) is 26.2 Å². The number of Topliss-reactive ketones (excluding diaryl/α,β-unsaturated/α-hetero) is 1. The third-order valence-electron chi connectivity index (χ3n) is 2.22. The van der Waals surface area contributed by atoms with Gasteiger partial charge in [0.15, 0.2) is 5.78 Å². The van der Waals surface area contributed by atoms with E-state index in [9.17, 15) is 9.59 Å². The summed E-state index contributed by atoms with van der Waals surface area (Å²) in [4.78, 5) is 24.4. The first-order valence-electron chi connectivity index (χ1n) is 5.12. The van der Waals surface area contributed by atoms with Crippen LogP contribution in [-0.2, 0) is 0 Å². The van der Waals surface area contributed by atoms with Crippen molar-refractivity contribution in [2.24, 2.45) is 0 Å². The van der Waals surface area contributed by atoms with E-state index in [1.54, 1.807) is 0 Å². The first kappa shape index (κ1) is 13.1. The van der Waals surface area contributed by atoms with Crippen molar-refractivity contribution >= 4 is 11.8 Å².